The van der Waals surface area contributed by atoms with Gasteiger partial charge in [-0.1, -0.05) is 0 Å². The van der Waals surface area contributed by atoms with E-state index >= 15 is 0 Å². The van der Waals surface area contributed by atoms with Crippen LogP contribution in [0.3, 0.4) is 0 Å². The number of hydrogen-bond donors (Lipinski definition) is 2. The van der Waals surface area contributed by atoms with Gasteiger partial charge in [0.05, 0.1) is 0 Å². The van der Waals surface area contributed by atoms with Crippen LogP contribution in [0.25, 0.3) is 0 Å². The lowest BCUT2D eigenvalue weighted by molar-refractivity contribution is 0.289. The Morgan fingerprint density at radius 2 is 2.00 bits per heavy atom. The first-order valence-electron chi connectivity index (χ1n) is 1.35. The van der Waals surface area contributed by atoms with Gasteiger partial charge in [-0.15, -0.1) is 4.89 Å². The molecule has 8 heavy (non-hydrogen) atoms. The minimum absolute atomic E-state index is 2.62. The predicted octanol–water partition coefficient (Wildman–Crippen LogP) is 0.200. The van der Waals surface area contributed by atoms with E-state index < -0.39 is 16.5 Å². The van der Waals surface area contributed by atoms with Crippen LogP contribution in [0, 0.1) is 0 Å². The minimum Gasteiger partial charge on any atom is -0.162 e. The molecule has 0 fully saturated rings. The highest BCUT2D eigenvalue weighted by Crippen LogP contribution is 2.33. The van der Waals surface area contributed by atoms with Crippen LogP contribution in [0.4, 0.5) is 0 Å². The first kappa shape index (κ1) is 8.04. The molecular formula is H3NO5P2+2. The number of hydrogen-bond acceptors (Lipinski definition) is 5. The van der Waals surface area contributed by atoms with Gasteiger partial charge in [0.1, 0.15) is 0 Å². The molecule has 2 unspecified atom stereocenters. The summed E-state index contributed by atoms with van der Waals surface area (Å²) in [5, 5.41) is 0. The topological polar surface area (TPSA) is 98.9 Å². The second kappa shape index (κ2) is 3.97. The van der Waals surface area contributed by atoms with Crippen molar-refractivity contribution in [2.45, 2.75) is 0 Å². The Balaban J connectivity index is 3.40. The average Bonchev–Trinajstić information content (AvgIpc) is 1.65. The maximum Gasteiger partial charge on any atom is 0.766 e. The highest BCUT2D eigenvalue weighted by Gasteiger charge is 2.35. The Bertz CT molecular complexity index is 109. The quantitative estimate of drug-likeness (QED) is 0.450. The van der Waals surface area contributed by atoms with Crippen LogP contribution >= 0.6 is 16.5 Å². The first-order valence-corrected chi connectivity index (χ1v) is 3.57. The molecular weight excluding hydrogens is 156 g/mol. The summed E-state index contributed by atoms with van der Waals surface area (Å²) in [7, 11) is -5.51. The molecule has 0 aliphatic heterocycles. The van der Waals surface area contributed by atoms with Gasteiger partial charge < -0.3 is 0 Å². The zero-order chi connectivity index (χ0) is 6.57. The van der Waals surface area contributed by atoms with Crippen LogP contribution in [0.2, 0.25) is 0 Å². The van der Waals surface area contributed by atoms with Gasteiger partial charge in [-0.25, -0.2) is 0 Å². The summed E-state index contributed by atoms with van der Waals surface area (Å²) in [5.41, 5.74) is 0. The predicted molar refractivity (Wildman–Crippen MR) is 23.8 cm³/mol. The fourth-order valence-corrected chi connectivity index (χ4v) is 0.686. The molecule has 46 valence electrons. The largest absolute Gasteiger partial charge is 0.766 e. The van der Waals surface area contributed by atoms with Crippen LogP contribution in [0.15, 0.2) is 0 Å². The smallest absolute Gasteiger partial charge is 0.162 e. The van der Waals surface area contributed by atoms with Crippen molar-refractivity contribution >= 4 is 16.5 Å². The Morgan fingerprint density at radius 3 is 2.12 bits per heavy atom. The van der Waals surface area contributed by atoms with Gasteiger partial charge in [0.25, 0.3) is 0 Å². The van der Waals surface area contributed by atoms with Gasteiger partial charge >= 0.3 is 16.5 Å². The Kier molecular flexibility index (Phi) is 3.99. The lowest BCUT2D eigenvalue weighted by atomic mass is 13.6. The lowest BCUT2D eigenvalue weighted by Crippen LogP contribution is -1.86. The Labute approximate surface area is 46.4 Å². The molecule has 0 rings (SSSR count). The molecule has 0 saturated carbocycles. The summed E-state index contributed by atoms with van der Waals surface area (Å²) in [6, 6.07) is 0. The minimum atomic E-state index is -2.88. The molecule has 8 heteroatoms. The second-order valence-corrected chi connectivity index (χ2v) is 2.44. The average molecular weight is 159 g/mol. The fraction of sp³-hybridized carbons (Fsp3) is 0. The van der Waals surface area contributed by atoms with Gasteiger partial charge in [0.15, 0.2) is 4.31 Å². The van der Waals surface area contributed by atoms with Gasteiger partial charge in [-0.2, -0.15) is 5.90 Å². The summed E-state index contributed by atoms with van der Waals surface area (Å²) in [5.74, 6) is 4.27. The molecule has 0 amide bonds. The van der Waals surface area contributed by atoms with Crippen LogP contribution in [0.1, 0.15) is 0 Å². The lowest BCUT2D eigenvalue weighted by Gasteiger charge is -1.61. The third-order valence-electron chi connectivity index (χ3n) is 0.223. The molecule has 2 atom stereocenters. The van der Waals surface area contributed by atoms with Gasteiger partial charge in [-0.05, 0) is 4.62 Å². The van der Waals surface area contributed by atoms with Crippen molar-refractivity contribution in [1.82, 2.24) is 0 Å². The van der Waals surface area contributed by atoms with E-state index in [1.807, 2.05) is 0 Å². The van der Waals surface area contributed by atoms with Crippen LogP contribution in [-0.2, 0) is 18.1 Å². The highest BCUT2D eigenvalue weighted by atomic mass is 31.2. The third-order valence-corrected chi connectivity index (χ3v) is 1.49. The van der Waals surface area contributed by atoms with Crippen molar-refractivity contribution in [2.24, 2.45) is 5.90 Å². The number of nitrogens with two attached hydrogens (primary N) is 1. The molecule has 0 spiro atoms. The van der Waals surface area contributed by atoms with Crippen LogP contribution in [-0.4, -0.2) is 4.89 Å². The molecule has 6 nitrogen and oxygen atoms in total. The van der Waals surface area contributed by atoms with Gasteiger partial charge in [-0.3, -0.25) is 0 Å². The van der Waals surface area contributed by atoms with Gasteiger partial charge in [0.2, 0.25) is 0 Å². The first-order chi connectivity index (χ1) is 3.66. The Hall–Kier alpha value is 0.0400. The Morgan fingerprint density at radius 1 is 1.50 bits per heavy atom. The molecule has 0 aromatic rings. The summed E-state index contributed by atoms with van der Waals surface area (Å²) >= 11 is 0. The number of rotatable bonds is 3. The van der Waals surface area contributed by atoms with Gasteiger partial charge in [0, 0.05) is 9.13 Å². The molecule has 0 aromatic heterocycles. The van der Waals surface area contributed by atoms with Crippen molar-refractivity contribution in [3.05, 3.63) is 0 Å². The van der Waals surface area contributed by atoms with Crippen LogP contribution in [0.5, 0.6) is 0 Å². The molecule has 0 aliphatic carbocycles. The molecule has 3 N–H and O–H groups in total. The molecule has 0 saturated heterocycles. The van der Waals surface area contributed by atoms with E-state index in [1.54, 1.807) is 0 Å². The van der Waals surface area contributed by atoms with E-state index in [0.29, 0.717) is 0 Å². The zero-order valence-corrected chi connectivity index (χ0v) is 5.34. The second-order valence-electron chi connectivity index (χ2n) is 0.649. The zero-order valence-electron chi connectivity index (χ0n) is 3.55. The van der Waals surface area contributed by atoms with E-state index in [-0.39, 0.29) is 0 Å². The molecule has 0 radical (unpaired) electrons. The fourth-order valence-electron chi connectivity index (χ4n) is 0.0763. The molecule has 0 bridgehead atoms. The van der Waals surface area contributed by atoms with E-state index in [0.717, 1.165) is 0 Å². The maximum absolute atomic E-state index is 9.86. The standard InChI is InChI=1S/H2NO5P2/c1-5-8(4)6-7(2)3/h1H2/q+1/p+1. The van der Waals surface area contributed by atoms with Crippen molar-refractivity contribution < 1.29 is 23.0 Å². The summed E-state index contributed by atoms with van der Waals surface area (Å²) < 4.78 is 26.6. The SMILES string of the molecule is NO[P+](=O)O[P+](=O)O. The maximum atomic E-state index is 9.86. The highest BCUT2D eigenvalue weighted by molar-refractivity contribution is 7.47. The van der Waals surface area contributed by atoms with Crippen LogP contribution < -0.4 is 5.90 Å². The van der Waals surface area contributed by atoms with Crippen molar-refractivity contribution in [2.75, 3.05) is 0 Å². The summed E-state index contributed by atoms with van der Waals surface area (Å²) in [4.78, 5) is 7.82. The normalized spacial score (nSPS) is 13.2. The van der Waals surface area contributed by atoms with E-state index in [1.165, 1.54) is 0 Å². The van der Waals surface area contributed by atoms with E-state index in [9.17, 15) is 9.13 Å². The van der Waals surface area contributed by atoms with Crippen molar-refractivity contribution in [3.63, 3.8) is 0 Å². The summed E-state index contributed by atoms with van der Waals surface area (Å²) in [6.45, 7) is 0. The molecule has 0 aromatic carbocycles. The van der Waals surface area contributed by atoms with E-state index in [2.05, 4.69) is 14.8 Å². The van der Waals surface area contributed by atoms with E-state index in [4.69, 9.17) is 4.89 Å². The third kappa shape index (κ3) is 4.21. The molecule has 0 aliphatic rings. The van der Waals surface area contributed by atoms with Crippen molar-refractivity contribution in [1.29, 1.82) is 0 Å². The monoisotopic (exact) mass is 159 g/mol. The van der Waals surface area contributed by atoms with Crippen molar-refractivity contribution in [3.8, 4) is 0 Å². The molecule has 0 heterocycles. The summed E-state index contributed by atoms with van der Waals surface area (Å²) in [6.07, 6.45) is 0.